The number of aryl methyl sites for hydroxylation is 1. The van der Waals surface area contributed by atoms with Crippen LogP contribution >= 0.6 is 0 Å². The van der Waals surface area contributed by atoms with Crippen LogP contribution < -0.4 is 0 Å². The molecule has 0 aliphatic rings. The highest BCUT2D eigenvalue weighted by Gasteiger charge is 2.15. The summed E-state index contributed by atoms with van der Waals surface area (Å²) in [5.41, 5.74) is 1.38. The lowest BCUT2D eigenvalue weighted by molar-refractivity contribution is 0.0697. The Morgan fingerprint density at radius 3 is 2.55 bits per heavy atom. The fraction of sp³-hybridized carbons (Fsp3) is 0.200. The average Bonchev–Trinajstić information content (AvgIpc) is 2.83. The second-order valence-electron chi connectivity index (χ2n) is 4.55. The standard InChI is InChI=1S/C15H15NO4/c1-10-13(6-7-20-10)9-16(2)14(17)11-4-3-5-12(8-11)15(18)19/h3-8H,9H2,1-2H3,(H,18,19). The molecule has 20 heavy (non-hydrogen) atoms. The van der Waals surface area contributed by atoms with Gasteiger partial charge < -0.3 is 14.4 Å². The number of furan rings is 1. The molecule has 1 amide bonds. The van der Waals surface area contributed by atoms with Gasteiger partial charge in [0, 0.05) is 24.7 Å². The Morgan fingerprint density at radius 1 is 1.25 bits per heavy atom. The number of carboxylic acid groups (broad SMARTS) is 1. The van der Waals surface area contributed by atoms with Gasteiger partial charge in [-0.1, -0.05) is 6.07 Å². The first kappa shape index (κ1) is 13.9. The van der Waals surface area contributed by atoms with E-state index < -0.39 is 5.97 Å². The van der Waals surface area contributed by atoms with Crippen LogP contribution in [0.1, 0.15) is 32.0 Å². The summed E-state index contributed by atoms with van der Waals surface area (Å²) in [6, 6.07) is 7.82. The van der Waals surface area contributed by atoms with Gasteiger partial charge in [-0.15, -0.1) is 0 Å². The molecular weight excluding hydrogens is 258 g/mol. The van der Waals surface area contributed by atoms with Crippen LogP contribution in [0.15, 0.2) is 41.0 Å². The second-order valence-corrected chi connectivity index (χ2v) is 4.55. The van der Waals surface area contributed by atoms with Crippen molar-refractivity contribution in [3.63, 3.8) is 0 Å². The van der Waals surface area contributed by atoms with Crippen molar-refractivity contribution in [2.45, 2.75) is 13.5 Å². The molecule has 1 aromatic carbocycles. The van der Waals surface area contributed by atoms with Crippen LogP contribution in [-0.4, -0.2) is 28.9 Å². The lowest BCUT2D eigenvalue weighted by atomic mass is 10.1. The Labute approximate surface area is 116 Å². The maximum absolute atomic E-state index is 12.3. The number of benzene rings is 1. The molecule has 0 spiro atoms. The van der Waals surface area contributed by atoms with Crippen LogP contribution in [0.25, 0.3) is 0 Å². The van der Waals surface area contributed by atoms with Crippen molar-refractivity contribution in [3.05, 3.63) is 59.0 Å². The van der Waals surface area contributed by atoms with Gasteiger partial charge in [0.2, 0.25) is 0 Å². The van der Waals surface area contributed by atoms with Crippen LogP contribution in [0, 0.1) is 6.92 Å². The Kier molecular flexibility index (Phi) is 3.89. The fourth-order valence-corrected chi connectivity index (χ4v) is 1.91. The number of amides is 1. The first-order valence-electron chi connectivity index (χ1n) is 6.11. The SMILES string of the molecule is Cc1occc1CN(C)C(=O)c1cccc(C(=O)O)c1. The van der Waals surface area contributed by atoms with Crippen LogP contribution in [0.5, 0.6) is 0 Å². The molecule has 2 aromatic rings. The van der Waals surface area contributed by atoms with E-state index in [1.165, 1.54) is 17.0 Å². The molecule has 0 saturated heterocycles. The molecule has 1 aromatic heterocycles. The molecule has 2 rings (SSSR count). The molecular formula is C15H15NO4. The van der Waals surface area contributed by atoms with E-state index in [0.717, 1.165) is 11.3 Å². The number of rotatable bonds is 4. The molecule has 0 fully saturated rings. The summed E-state index contributed by atoms with van der Waals surface area (Å²) in [4.78, 5) is 24.7. The van der Waals surface area contributed by atoms with E-state index in [2.05, 4.69) is 0 Å². The van der Waals surface area contributed by atoms with Crippen LogP contribution in [0.2, 0.25) is 0 Å². The molecule has 0 bridgehead atoms. The number of nitrogens with zero attached hydrogens (tertiary/aromatic N) is 1. The van der Waals surface area contributed by atoms with Crippen molar-refractivity contribution >= 4 is 11.9 Å². The van der Waals surface area contributed by atoms with Gasteiger partial charge in [0.1, 0.15) is 5.76 Å². The maximum atomic E-state index is 12.3. The zero-order valence-electron chi connectivity index (χ0n) is 11.3. The monoisotopic (exact) mass is 273 g/mol. The number of carbonyl (C=O) groups excluding carboxylic acids is 1. The van der Waals surface area contributed by atoms with Crippen LogP contribution in [0.3, 0.4) is 0 Å². The van der Waals surface area contributed by atoms with Crippen molar-refractivity contribution in [1.82, 2.24) is 4.90 Å². The third-order valence-electron chi connectivity index (χ3n) is 3.08. The Balaban J connectivity index is 2.16. The summed E-state index contributed by atoms with van der Waals surface area (Å²) in [5.74, 6) is -0.509. The number of carbonyl (C=O) groups is 2. The molecule has 5 heteroatoms. The topological polar surface area (TPSA) is 70.8 Å². The number of carboxylic acids is 1. The maximum Gasteiger partial charge on any atom is 0.335 e. The summed E-state index contributed by atoms with van der Waals surface area (Å²) in [7, 11) is 1.67. The van der Waals surface area contributed by atoms with Gasteiger partial charge in [-0.05, 0) is 31.2 Å². The van der Waals surface area contributed by atoms with E-state index >= 15 is 0 Å². The predicted molar refractivity (Wildman–Crippen MR) is 72.6 cm³/mol. The zero-order chi connectivity index (χ0) is 14.7. The summed E-state index contributed by atoms with van der Waals surface area (Å²) in [6.45, 7) is 2.25. The smallest absolute Gasteiger partial charge is 0.335 e. The van der Waals surface area contributed by atoms with Crippen LogP contribution in [0.4, 0.5) is 0 Å². The largest absolute Gasteiger partial charge is 0.478 e. The molecule has 0 atom stereocenters. The van der Waals surface area contributed by atoms with Gasteiger partial charge in [0.25, 0.3) is 5.91 Å². The van der Waals surface area contributed by atoms with E-state index in [1.807, 2.05) is 13.0 Å². The van der Waals surface area contributed by atoms with E-state index in [4.69, 9.17) is 9.52 Å². The molecule has 0 unspecified atom stereocenters. The highest BCUT2D eigenvalue weighted by Crippen LogP contribution is 2.14. The highest BCUT2D eigenvalue weighted by molar-refractivity contribution is 5.97. The third-order valence-corrected chi connectivity index (χ3v) is 3.08. The van der Waals surface area contributed by atoms with E-state index in [0.29, 0.717) is 12.1 Å². The van der Waals surface area contributed by atoms with Crippen LogP contribution in [-0.2, 0) is 6.54 Å². The van der Waals surface area contributed by atoms with Crippen molar-refractivity contribution in [2.75, 3.05) is 7.05 Å². The molecule has 1 N–H and O–H groups in total. The summed E-state index contributed by atoms with van der Waals surface area (Å²) in [5, 5.41) is 8.94. The molecule has 0 saturated carbocycles. The molecule has 0 aliphatic heterocycles. The van der Waals surface area contributed by atoms with Gasteiger partial charge in [0.05, 0.1) is 11.8 Å². The predicted octanol–water partition coefficient (Wildman–Crippen LogP) is 2.56. The molecule has 104 valence electrons. The van der Waals surface area contributed by atoms with E-state index in [-0.39, 0.29) is 11.5 Å². The van der Waals surface area contributed by atoms with Gasteiger partial charge >= 0.3 is 5.97 Å². The van der Waals surface area contributed by atoms with Crippen molar-refractivity contribution in [2.24, 2.45) is 0 Å². The van der Waals surface area contributed by atoms with Crippen molar-refractivity contribution < 1.29 is 19.1 Å². The van der Waals surface area contributed by atoms with Gasteiger partial charge in [-0.3, -0.25) is 4.79 Å². The van der Waals surface area contributed by atoms with Gasteiger partial charge in [-0.2, -0.15) is 0 Å². The normalized spacial score (nSPS) is 10.3. The Hall–Kier alpha value is -2.56. The molecule has 0 radical (unpaired) electrons. The highest BCUT2D eigenvalue weighted by atomic mass is 16.4. The Bertz CT molecular complexity index is 645. The summed E-state index contributed by atoms with van der Waals surface area (Å²) in [6.07, 6.45) is 1.58. The Morgan fingerprint density at radius 2 is 1.95 bits per heavy atom. The number of hydrogen-bond donors (Lipinski definition) is 1. The van der Waals surface area contributed by atoms with E-state index in [9.17, 15) is 9.59 Å². The molecule has 0 aliphatic carbocycles. The summed E-state index contributed by atoms with van der Waals surface area (Å²) >= 11 is 0. The molecule has 5 nitrogen and oxygen atoms in total. The van der Waals surface area contributed by atoms with Gasteiger partial charge in [0.15, 0.2) is 0 Å². The molecule has 1 heterocycles. The third kappa shape index (κ3) is 2.88. The number of aromatic carboxylic acids is 1. The second kappa shape index (κ2) is 5.61. The average molecular weight is 273 g/mol. The lowest BCUT2D eigenvalue weighted by Crippen LogP contribution is -2.26. The minimum Gasteiger partial charge on any atom is -0.478 e. The van der Waals surface area contributed by atoms with Crippen molar-refractivity contribution in [1.29, 1.82) is 0 Å². The summed E-state index contributed by atoms with van der Waals surface area (Å²) < 4.78 is 5.19. The first-order valence-corrected chi connectivity index (χ1v) is 6.11. The number of hydrogen-bond acceptors (Lipinski definition) is 3. The van der Waals surface area contributed by atoms with E-state index in [1.54, 1.807) is 25.4 Å². The minimum absolute atomic E-state index is 0.101. The zero-order valence-corrected chi connectivity index (χ0v) is 11.3. The minimum atomic E-state index is -1.05. The van der Waals surface area contributed by atoms with Gasteiger partial charge in [-0.25, -0.2) is 4.79 Å². The quantitative estimate of drug-likeness (QED) is 0.929. The lowest BCUT2D eigenvalue weighted by Gasteiger charge is -2.17. The fourth-order valence-electron chi connectivity index (χ4n) is 1.91. The van der Waals surface area contributed by atoms with Crippen molar-refractivity contribution in [3.8, 4) is 0 Å². The first-order chi connectivity index (χ1) is 9.49.